The second kappa shape index (κ2) is 6.92. The number of amides is 1. The van der Waals surface area contributed by atoms with Gasteiger partial charge in [-0.25, -0.2) is 14.1 Å². The van der Waals surface area contributed by atoms with Gasteiger partial charge in [-0.2, -0.15) is 5.10 Å². The number of carbonyl (C=O) groups is 1. The maximum Gasteiger partial charge on any atom is 0.234 e. The fourth-order valence-corrected chi connectivity index (χ4v) is 3.76. The molecule has 0 aliphatic carbocycles. The summed E-state index contributed by atoms with van der Waals surface area (Å²) in [6, 6.07) is 13.9. The van der Waals surface area contributed by atoms with E-state index in [0.717, 1.165) is 20.9 Å². The number of carbonyl (C=O) groups excluding carboxylic acids is 1. The highest BCUT2D eigenvalue weighted by Crippen LogP contribution is 2.26. The van der Waals surface area contributed by atoms with Crippen LogP contribution in [0.2, 0.25) is 0 Å². The average molecular weight is 380 g/mol. The zero-order valence-electron chi connectivity index (χ0n) is 14.8. The lowest BCUT2D eigenvalue weighted by Crippen LogP contribution is -2.30. The van der Waals surface area contributed by atoms with Crippen LogP contribution in [-0.2, 0) is 4.79 Å². The van der Waals surface area contributed by atoms with E-state index in [2.05, 4.69) is 10.1 Å². The Kier molecular flexibility index (Phi) is 4.45. The molecule has 2 heterocycles. The number of aromatic nitrogens is 3. The van der Waals surface area contributed by atoms with Crippen LogP contribution < -0.4 is 4.90 Å². The van der Waals surface area contributed by atoms with Gasteiger partial charge in [0.2, 0.25) is 11.0 Å². The standard InChI is InChI=1S/C20H17FN4OS/c1-13(14-7-9-15(21)10-8-14)19(26)24(2)16-11-22-25(12-16)20-23-17-5-3-4-6-18(17)27-20/h3-13H,1-2H3. The maximum atomic E-state index is 13.1. The Morgan fingerprint density at radius 1 is 1.19 bits per heavy atom. The highest BCUT2D eigenvalue weighted by molar-refractivity contribution is 7.20. The number of benzene rings is 2. The van der Waals surface area contributed by atoms with Crippen molar-refractivity contribution in [1.29, 1.82) is 0 Å². The minimum absolute atomic E-state index is 0.0922. The second-order valence-electron chi connectivity index (χ2n) is 6.28. The van der Waals surface area contributed by atoms with Gasteiger partial charge in [-0.1, -0.05) is 35.6 Å². The molecule has 0 bridgehead atoms. The summed E-state index contributed by atoms with van der Waals surface area (Å²) in [6.07, 6.45) is 3.42. The van der Waals surface area contributed by atoms with Gasteiger partial charge in [0.05, 0.1) is 34.2 Å². The SMILES string of the molecule is CC(C(=O)N(C)c1cnn(-c2nc3ccccc3s2)c1)c1ccc(F)cc1. The Hall–Kier alpha value is -3.06. The van der Waals surface area contributed by atoms with Gasteiger partial charge < -0.3 is 4.90 Å². The van der Waals surface area contributed by atoms with Gasteiger partial charge in [0, 0.05) is 7.05 Å². The number of fused-ring (bicyclic) bond motifs is 1. The van der Waals surface area contributed by atoms with Crippen LogP contribution in [0.1, 0.15) is 18.4 Å². The van der Waals surface area contributed by atoms with Crippen molar-refractivity contribution >= 4 is 33.1 Å². The van der Waals surface area contributed by atoms with Crippen molar-refractivity contribution in [3.05, 3.63) is 72.3 Å². The van der Waals surface area contributed by atoms with Gasteiger partial charge in [-0.15, -0.1) is 0 Å². The van der Waals surface area contributed by atoms with Gasteiger partial charge in [0.1, 0.15) is 5.82 Å². The number of halogens is 1. The summed E-state index contributed by atoms with van der Waals surface area (Å²) in [5.74, 6) is -0.796. The first-order valence-corrected chi connectivity index (χ1v) is 9.28. The summed E-state index contributed by atoms with van der Waals surface area (Å²) in [7, 11) is 1.71. The summed E-state index contributed by atoms with van der Waals surface area (Å²) in [6.45, 7) is 1.81. The number of likely N-dealkylation sites (N-methyl/N-ethyl adjacent to an activating group) is 1. The first kappa shape index (κ1) is 17.4. The molecule has 0 fully saturated rings. The van der Waals surface area contributed by atoms with Crippen molar-refractivity contribution in [3.8, 4) is 5.13 Å². The Bertz CT molecular complexity index is 1070. The van der Waals surface area contributed by atoms with E-state index in [-0.39, 0.29) is 17.6 Å². The molecule has 5 nitrogen and oxygen atoms in total. The van der Waals surface area contributed by atoms with E-state index in [1.807, 2.05) is 31.2 Å². The van der Waals surface area contributed by atoms with Crippen LogP contribution in [0, 0.1) is 5.82 Å². The molecule has 0 aliphatic heterocycles. The molecule has 1 atom stereocenters. The average Bonchev–Trinajstić information content (AvgIpc) is 3.33. The highest BCUT2D eigenvalue weighted by atomic mass is 32.1. The number of hydrogen-bond acceptors (Lipinski definition) is 4. The summed E-state index contributed by atoms with van der Waals surface area (Å²) in [4.78, 5) is 18.9. The summed E-state index contributed by atoms with van der Waals surface area (Å²) < 4.78 is 15.9. The van der Waals surface area contributed by atoms with E-state index >= 15 is 0 Å². The smallest absolute Gasteiger partial charge is 0.234 e. The third-order valence-corrected chi connectivity index (χ3v) is 5.53. The predicted molar refractivity (Wildman–Crippen MR) is 105 cm³/mol. The van der Waals surface area contributed by atoms with Crippen LogP contribution in [0.15, 0.2) is 60.9 Å². The minimum atomic E-state index is -0.388. The van der Waals surface area contributed by atoms with Crippen molar-refractivity contribution < 1.29 is 9.18 Å². The minimum Gasteiger partial charge on any atom is -0.312 e. The molecule has 0 spiro atoms. The molecule has 4 aromatic rings. The van der Waals surface area contributed by atoms with E-state index in [9.17, 15) is 9.18 Å². The molecule has 0 saturated carbocycles. The Morgan fingerprint density at radius 2 is 1.93 bits per heavy atom. The molecular weight excluding hydrogens is 363 g/mol. The van der Waals surface area contributed by atoms with Crippen LogP contribution in [-0.4, -0.2) is 27.7 Å². The molecule has 2 aromatic carbocycles. The Balaban J connectivity index is 1.56. The van der Waals surface area contributed by atoms with Crippen LogP contribution in [0.3, 0.4) is 0 Å². The molecule has 0 aliphatic rings. The molecular formula is C20H17FN4OS. The van der Waals surface area contributed by atoms with Gasteiger partial charge >= 0.3 is 0 Å². The molecule has 1 amide bonds. The van der Waals surface area contributed by atoms with Gasteiger partial charge in [-0.05, 0) is 36.8 Å². The second-order valence-corrected chi connectivity index (χ2v) is 7.29. The first-order chi connectivity index (χ1) is 13.0. The molecule has 2 aromatic heterocycles. The van der Waals surface area contributed by atoms with Crippen LogP contribution >= 0.6 is 11.3 Å². The van der Waals surface area contributed by atoms with E-state index in [1.165, 1.54) is 23.5 Å². The number of thiazole rings is 1. The molecule has 0 radical (unpaired) electrons. The third-order valence-electron chi connectivity index (χ3n) is 4.51. The monoisotopic (exact) mass is 380 g/mol. The summed E-state index contributed by atoms with van der Waals surface area (Å²) >= 11 is 1.54. The topological polar surface area (TPSA) is 51.0 Å². The zero-order chi connectivity index (χ0) is 19.0. The Morgan fingerprint density at radius 3 is 2.67 bits per heavy atom. The largest absolute Gasteiger partial charge is 0.312 e. The van der Waals surface area contributed by atoms with Crippen LogP contribution in [0.4, 0.5) is 10.1 Å². The van der Waals surface area contributed by atoms with E-state index in [1.54, 1.807) is 41.2 Å². The molecule has 4 rings (SSSR count). The number of nitrogens with zero attached hydrogens (tertiary/aromatic N) is 4. The lowest BCUT2D eigenvalue weighted by molar-refractivity contribution is -0.119. The molecule has 0 N–H and O–H groups in total. The number of anilines is 1. The molecule has 1 unspecified atom stereocenters. The van der Waals surface area contributed by atoms with E-state index < -0.39 is 0 Å². The predicted octanol–water partition coefficient (Wildman–Crippen LogP) is 4.39. The lowest BCUT2D eigenvalue weighted by atomic mass is 10.00. The normalized spacial score (nSPS) is 12.3. The lowest BCUT2D eigenvalue weighted by Gasteiger charge is -2.20. The van der Waals surface area contributed by atoms with Gasteiger partial charge in [0.25, 0.3) is 0 Å². The number of hydrogen-bond donors (Lipinski definition) is 0. The number of para-hydroxylation sites is 1. The molecule has 0 saturated heterocycles. The van der Waals surface area contributed by atoms with Gasteiger partial charge in [0.15, 0.2) is 0 Å². The number of rotatable bonds is 4. The van der Waals surface area contributed by atoms with Crippen molar-refractivity contribution in [2.75, 3.05) is 11.9 Å². The first-order valence-electron chi connectivity index (χ1n) is 8.46. The molecule has 7 heteroatoms. The fraction of sp³-hybridized carbons (Fsp3) is 0.150. The summed E-state index contributed by atoms with van der Waals surface area (Å²) in [5.41, 5.74) is 2.36. The quantitative estimate of drug-likeness (QED) is 0.528. The van der Waals surface area contributed by atoms with Crippen molar-refractivity contribution in [2.24, 2.45) is 0 Å². The highest BCUT2D eigenvalue weighted by Gasteiger charge is 2.22. The van der Waals surface area contributed by atoms with Crippen LogP contribution in [0.25, 0.3) is 15.3 Å². The third kappa shape index (κ3) is 3.33. The fourth-order valence-electron chi connectivity index (χ4n) is 2.86. The van der Waals surface area contributed by atoms with Gasteiger partial charge in [-0.3, -0.25) is 4.79 Å². The van der Waals surface area contributed by atoms with E-state index in [0.29, 0.717) is 5.69 Å². The Labute approximate surface area is 159 Å². The molecule has 27 heavy (non-hydrogen) atoms. The van der Waals surface area contributed by atoms with Crippen LogP contribution in [0.5, 0.6) is 0 Å². The summed E-state index contributed by atoms with van der Waals surface area (Å²) in [5, 5.41) is 5.10. The zero-order valence-corrected chi connectivity index (χ0v) is 15.7. The maximum absolute atomic E-state index is 13.1. The van der Waals surface area contributed by atoms with Crippen molar-refractivity contribution in [1.82, 2.24) is 14.8 Å². The van der Waals surface area contributed by atoms with Crippen molar-refractivity contribution in [3.63, 3.8) is 0 Å². The molecule has 136 valence electrons. The van der Waals surface area contributed by atoms with Crippen molar-refractivity contribution in [2.45, 2.75) is 12.8 Å². The van der Waals surface area contributed by atoms with E-state index in [4.69, 9.17) is 0 Å².